The zero-order valence-electron chi connectivity index (χ0n) is 20.6. The fourth-order valence-electron chi connectivity index (χ4n) is 3.44. The molecule has 7 nitrogen and oxygen atoms in total. The summed E-state index contributed by atoms with van der Waals surface area (Å²) in [6, 6.07) is 0. The number of aliphatic carboxylic acids is 1. The number of carboxylic acid groups (broad SMARTS) is 1. The molecule has 0 aromatic heterocycles. The number of carboxylic acids is 1. The smallest absolute Gasteiger partial charge is 0.334 e. The van der Waals surface area contributed by atoms with E-state index in [4.69, 9.17) is 9.16 Å². The van der Waals surface area contributed by atoms with Crippen molar-refractivity contribution in [1.29, 1.82) is 0 Å². The lowest BCUT2D eigenvalue weighted by molar-refractivity contribution is -0.178. The minimum Gasteiger partial charge on any atom is -0.478 e. The van der Waals surface area contributed by atoms with Gasteiger partial charge in [0.1, 0.15) is 11.7 Å². The van der Waals surface area contributed by atoms with Gasteiger partial charge in [0.2, 0.25) is 0 Å². The average Bonchev–Trinajstić information content (AvgIpc) is 2.64. The predicted octanol–water partition coefficient (Wildman–Crippen LogP) is 3.83. The van der Waals surface area contributed by atoms with Crippen LogP contribution in [0.2, 0.25) is 18.1 Å². The third kappa shape index (κ3) is 5.98. The van der Waals surface area contributed by atoms with Gasteiger partial charge < -0.3 is 24.5 Å². The molecule has 0 saturated heterocycles. The van der Waals surface area contributed by atoms with Gasteiger partial charge in [-0.3, -0.25) is 4.79 Å². The van der Waals surface area contributed by atoms with Crippen LogP contribution in [-0.2, 0) is 18.8 Å². The summed E-state index contributed by atoms with van der Waals surface area (Å²) in [7, 11) is -2.43. The molecule has 1 rings (SSSR count). The van der Waals surface area contributed by atoms with Crippen molar-refractivity contribution in [3.05, 3.63) is 36.0 Å². The number of hydrogen-bond donors (Lipinski definition) is 3. The van der Waals surface area contributed by atoms with Gasteiger partial charge in [-0.2, -0.15) is 0 Å². The van der Waals surface area contributed by atoms with Gasteiger partial charge in [-0.1, -0.05) is 53.3 Å². The Labute approximate surface area is 192 Å². The molecule has 4 atom stereocenters. The Kier molecular flexibility index (Phi) is 9.25. The summed E-state index contributed by atoms with van der Waals surface area (Å²) in [5.41, 5.74) is -2.49. The summed E-state index contributed by atoms with van der Waals surface area (Å²) < 4.78 is 11.5. The Morgan fingerprint density at radius 2 is 1.88 bits per heavy atom. The molecular formula is C24H40O7Si. The lowest BCUT2D eigenvalue weighted by atomic mass is 9.66. The number of esters is 1. The van der Waals surface area contributed by atoms with Crippen LogP contribution in [0.15, 0.2) is 36.0 Å². The molecule has 1 saturated carbocycles. The summed E-state index contributed by atoms with van der Waals surface area (Å²) in [4.78, 5) is 25.0. The molecule has 3 N–H and O–H groups in total. The minimum absolute atomic E-state index is 0.0528. The highest BCUT2D eigenvalue weighted by Crippen LogP contribution is 2.46. The van der Waals surface area contributed by atoms with E-state index >= 15 is 0 Å². The maximum Gasteiger partial charge on any atom is 0.334 e. The zero-order valence-corrected chi connectivity index (χ0v) is 21.6. The minimum atomic E-state index is -2.43. The molecule has 32 heavy (non-hydrogen) atoms. The van der Waals surface area contributed by atoms with Crippen LogP contribution in [0.3, 0.4) is 0 Å². The van der Waals surface area contributed by atoms with E-state index in [-0.39, 0.29) is 24.0 Å². The Morgan fingerprint density at radius 1 is 1.31 bits per heavy atom. The molecule has 0 heterocycles. The van der Waals surface area contributed by atoms with Crippen LogP contribution in [0.4, 0.5) is 0 Å². The van der Waals surface area contributed by atoms with Crippen molar-refractivity contribution in [1.82, 2.24) is 0 Å². The van der Waals surface area contributed by atoms with Crippen LogP contribution in [0.5, 0.6) is 0 Å². The van der Waals surface area contributed by atoms with E-state index in [1.807, 2.05) is 47.7 Å². The van der Waals surface area contributed by atoms with Gasteiger partial charge in [-0.05, 0) is 49.0 Å². The first-order valence-electron chi connectivity index (χ1n) is 11.1. The molecule has 0 aliphatic heterocycles. The molecule has 1 aliphatic rings. The molecular weight excluding hydrogens is 428 g/mol. The highest BCUT2D eigenvalue weighted by molar-refractivity contribution is 6.74. The first kappa shape index (κ1) is 28.3. The Bertz CT molecular complexity index is 776. The SMILES string of the molecule is C=C1C[C@@H](C(=O)OCC)[C@](O)(/C(=C/C=C\C(C)C)C(=O)O)[C@H](O)[C@@H]1O[Si](C)(C)C(C)(C)C. The Balaban J connectivity index is 3.63. The summed E-state index contributed by atoms with van der Waals surface area (Å²) >= 11 is 0. The van der Waals surface area contributed by atoms with Crippen LogP contribution >= 0.6 is 0 Å². The van der Waals surface area contributed by atoms with Crippen LogP contribution < -0.4 is 0 Å². The van der Waals surface area contributed by atoms with E-state index in [9.17, 15) is 24.9 Å². The third-order valence-electron chi connectivity index (χ3n) is 6.36. The van der Waals surface area contributed by atoms with Crippen molar-refractivity contribution in [2.24, 2.45) is 11.8 Å². The zero-order chi connectivity index (χ0) is 25.1. The maximum atomic E-state index is 12.8. The van der Waals surface area contributed by atoms with Crippen LogP contribution in [0, 0.1) is 11.8 Å². The van der Waals surface area contributed by atoms with E-state index in [2.05, 4.69) is 6.58 Å². The topological polar surface area (TPSA) is 113 Å². The maximum absolute atomic E-state index is 12.8. The summed E-state index contributed by atoms with van der Waals surface area (Å²) in [6.07, 6.45) is 1.68. The number of aliphatic hydroxyl groups is 2. The summed E-state index contributed by atoms with van der Waals surface area (Å²) in [5.74, 6) is -3.42. The van der Waals surface area contributed by atoms with Crippen LogP contribution in [0.1, 0.15) is 48.0 Å². The number of ether oxygens (including phenoxy) is 1. The van der Waals surface area contributed by atoms with Crippen molar-refractivity contribution in [3.63, 3.8) is 0 Å². The second-order valence-corrected chi connectivity index (χ2v) is 15.0. The first-order valence-corrected chi connectivity index (χ1v) is 14.0. The van der Waals surface area contributed by atoms with Crippen molar-refractivity contribution >= 4 is 20.3 Å². The van der Waals surface area contributed by atoms with E-state index in [1.165, 1.54) is 12.2 Å². The normalized spacial score (nSPS) is 27.8. The lowest BCUT2D eigenvalue weighted by Gasteiger charge is -2.50. The standard InChI is InChI=1S/C24H40O7Si/c1-10-30-22(28)18-14-16(4)19(31-32(8,9)23(5,6)7)20(25)24(18,29)17(21(26)27)13-11-12-15(2)3/h11-13,15,18-20,25,29H,4,10,14H2,1-3,5-9H3,(H,26,27)/b12-11-,17-13+/t18-,19+,20+,24+/m0/s1. The molecule has 0 aromatic carbocycles. The second-order valence-electron chi connectivity index (χ2n) is 10.3. The van der Waals surface area contributed by atoms with Crippen molar-refractivity contribution in [3.8, 4) is 0 Å². The molecule has 8 heteroatoms. The fraction of sp³-hybridized carbons (Fsp3) is 0.667. The molecule has 182 valence electrons. The highest BCUT2D eigenvalue weighted by Gasteiger charge is 2.60. The van der Waals surface area contributed by atoms with E-state index < -0.39 is 49.6 Å². The van der Waals surface area contributed by atoms with Crippen molar-refractivity contribution in [2.45, 2.75) is 83.9 Å². The number of allylic oxidation sites excluding steroid dienone is 3. The number of hydrogen-bond acceptors (Lipinski definition) is 6. The first-order chi connectivity index (χ1) is 14.5. The molecule has 1 aliphatic carbocycles. The molecule has 1 fully saturated rings. The summed E-state index contributed by atoms with van der Waals surface area (Å²) in [5, 5.41) is 32.8. The fourth-order valence-corrected chi connectivity index (χ4v) is 4.72. The van der Waals surface area contributed by atoms with Crippen LogP contribution in [0.25, 0.3) is 0 Å². The van der Waals surface area contributed by atoms with E-state index in [0.717, 1.165) is 0 Å². The van der Waals surface area contributed by atoms with Gasteiger partial charge >= 0.3 is 11.9 Å². The summed E-state index contributed by atoms with van der Waals surface area (Å²) in [6.45, 7) is 19.6. The van der Waals surface area contributed by atoms with Crippen LogP contribution in [-0.4, -0.2) is 60.0 Å². The van der Waals surface area contributed by atoms with E-state index in [1.54, 1.807) is 13.0 Å². The van der Waals surface area contributed by atoms with E-state index in [0.29, 0.717) is 5.57 Å². The number of carbonyl (C=O) groups is 2. The third-order valence-corrected chi connectivity index (χ3v) is 10.8. The largest absolute Gasteiger partial charge is 0.478 e. The average molecular weight is 469 g/mol. The quantitative estimate of drug-likeness (QED) is 0.163. The van der Waals surface area contributed by atoms with Gasteiger partial charge in [0.05, 0.1) is 24.2 Å². The molecule has 0 bridgehead atoms. The molecule has 0 spiro atoms. The predicted molar refractivity (Wildman–Crippen MR) is 127 cm³/mol. The number of carbonyl (C=O) groups excluding carboxylic acids is 1. The van der Waals surface area contributed by atoms with Gasteiger partial charge in [0.15, 0.2) is 8.32 Å². The Morgan fingerprint density at radius 3 is 2.31 bits per heavy atom. The number of aliphatic hydroxyl groups excluding tert-OH is 1. The molecule has 0 radical (unpaired) electrons. The monoisotopic (exact) mass is 468 g/mol. The van der Waals surface area contributed by atoms with Gasteiger partial charge in [-0.25, -0.2) is 4.79 Å². The second kappa shape index (κ2) is 10.5. The van der Waals surface area contributed by atoms with Gasteiger partial charge in [0.25, 0.3) is 0 Å². The molecule has 0 unspecified atom stereocenters. The van der Waals surface area contributed by atoms with Gasteiger partial charge in [0, 0.05) is 0 Å². The molecule has 0 amide bonds. The van der Waals surface area contributed by atoms with Gasteiger partial charge in [-0.15, -0.1) is 0 Å². The lowest BCUT2D eigenvalue weighted by Crippen LogP contribution is -2.64. The Hall–Kier alpha value is -1.74. The van der Waals surface area contributed by atoms with Crippen molar-refractivity contribution in [2.75, 3.05) is 6.61 Å². The number of rotatable bonds is 8. The highest BCUT2D eigenvalue weighted by atomic mass is 28.4. The van der Waals surface area contributed by atoms with Crippen molar-refractivity contribution < 1.29 is 34.1 Å². The molecule has 0 aromatic rings.